The van der Waals surface area contributed by atoms with Crippen LogP contribution in [-0.4, -0.2) is 91.1 Å². The highest BCUT2D eigenvalue weighted by molar-refractivity contribution is 7.17. The molecule has 0 saturated carbocycles. The Bertz CT molecular complexity index is 851. The predicted molar refractivity (Wildman–Crippen MR) is 91.3 cm³/mol. The number of carbonyl (C=O) groups excluding carboxylic acids is 1. The first-order chi connectivity index (χ1) is 13.3. The number of carboxylic acid groups (broad SMARTS) is 1. The van der Waals surface area contributed by atoms with Crippen molar-refractivity contribution >= 4 is 28.2 Å². The molecule has 1 fully saturated rings. The number of anilines is 1. The molecule has 0 spiro atoms. The maximum absolute atomic E-state index is 12.3. The molecule has 0 bridgehead atoms. The van der Waals surface area contributed by atoms with Crippen LogP contribution in [0.15, 0.2) is 16.8 Å². The minimum atomic E-state index is -1.49. The van der Waals surface area contributed by atoms with Gasteiger partial charge in [0, 0.05) is 12.6 Å². The zero-order valence-corrected chi connectivity index (χ0v) is 14.9. The molecule has 13 heteroatoms. The third-order valence-corrected chi connectivity index (χ3v) is 5.08. The lowest BCUT2D eigenvalue weighted by Crippen LogP contribution is -2.60. The van der Waals surface area contributed by atoms with E-state index in [-0.39, 0.29) is 17.2 Å². The zero-order chi connectivity index (χ0) is 20.4. The SMILES string of the molecule is O=C(O)c1cc(C(=O)c2cnc(NCC3OC(CO)C(O)C(O)C3O)s2)on1. The number of aliphatic hydroxyl groups is 4. The second-order valence-corrected chi connectivity index (χ2v) is 7.02. The van der Waals surface area contributed by atoms with Crippen LogP contribution < -0.4 is 5.32 Å². The van der Waals surface area contributed by atoms with Gasteiger partial charge in [-0.1, -0.05) is 16.5 Å². The molecule has 5 unspecified atom stereocenters. The number of nitrogens with zero attached hydrogens (tertiary/aromatic N) is 2. The number of aromatic nitrogens is 2. The minimum Gasteiger partial charge on any atom is -0.476 e. The van der Waals surface area contributed by atoms with E-state index in [1.54, 1.807) is 0 Å². The topological polar surface area (TPSA) is 195 Å². The first-order valence-corrected chi connectivity index (χ1v) is 8.88. The molecule has 2 aromatic rings. The third-order valence-electron chi connectivity index (χ3n) is 4.13. The molecule has 6 N–H and O–H groups in total. The second kappa shape index (κ2) is 8.30. The summed E-state index contributed by atoms with van der Waals surface area (Å²) in [6.07, 6.45) is -5.03. The maximum atomic E-state index is 12.3. The average molecular weight is 415 g/mol. The minimum absolute atomic E-state index is 0.0198. The summed E-state index contributed by atoms with van der Waals surface area (Å²) in [6.45, 7) is -0.555. The monoisotopic (exact) mass is 415 g/mol. The summed E-state index contributed by atoms with van der Waals surface area (Å²) < 4.78 is 10.1. The molecule has 3 heterocycles. The fourth-order valence-corrected chi connectivity index (χ4v) is 3.37. The number of nitrogens with one attached hydrogen (secondary N) is 1. The molecule has 0 amide bonds. The van der Waals surface area contributed by atoms with E-state index < -0.39 is 54.6 Å². The standard InChI is InChI=1S/C15H17N3O9S/c19-4-8-12(22)13(23)11(21)7(26-8)2-16-15-17-3-9(28-15)10(20)6-1-5(14(24)25)18-27-6/h1,3,7-8,11-13,19,21-23H,2,4H2,(H,16,17)(H,24,25). The van der Waals surface area contributed by atoms with Gasteiger partial charge in [0.15, 0.2) is 10.8 Å². The van der Waals surface area contributed by atoms with E-state index in [9.17, 15) is 30.0 Å². The lowest BCUT2D eigenvalue weighted by molar-refractivity contribution is -0.225. The van der Waals surface area contributed by atoms with Gasteiger partial charge in [-0.25, -0.2) is 9.78 Å². The van der Waals surface area contributed by atoms with Crippen LogP contribution in [0.25, 0.3) is 0 Å². The molecule has 1 aliphatic heterocycles. The highest BCUT2D eigenvalue weighted by Crippen LogP contribution is 2.24. The van der Waals surface area contributed by atoms with Gasteiger partial charge in [0.2, 0.25) is 11.5 Å². The fraction of sp³-hybridized carbons (Fsp3) is 0.467. The van der Waals surface area contributed by atoms with Crippen molar-refractivity contribution in [1.29, 1.82) is 0 Å². The van der Waals surface area contributed by atoms with Crippen LogP contribution in [0.3, 0.4) is 0 Å². The number of aromatic carboxylic acids is 1. The molecule has 28 heavy (non-hydrogen) atoms. The van der Waals surface area contributed by atoms with Crippen molar-refractivity contribution < 1.29 is 44.4 Å². The van der Waals surface area contributed by atoms with Crippen LogP contribution in [-0.2, 0) is 4.74 Å². The predicted octanol–water partition coefficient (Wildman–Crippen LogP) is -1.69. The Balaban J connectivity index is 1.63. The first kappa shape index (κ1) is 20.3. The van der Waals surface area contributed by atoms with Crippen molar-refractivity contribution in [3.8, 4) is 0 Å². The number of hydrogen-bond donors (Lipinski definition) is 6. The Kier molecular flexibility index (Phi) is 6.02. The molecule has 12 nitrogen and oxygen atoms in total. The summed E-state index contributed by atoms with van der Waals surface area (Å²) in [5.74, 6) is -2.17. The summed E-state index contributed by atoms with van der Waals surface area (Å²) in [5, 5.41) is 53.9. The molecular weight excluding hydrogens is 398 g/mol. The van der Waals surface area contributed by atoms with Crippen LogP contribution in [0, 0.1) is 0 Å². The Hall–Kier alpha value is -2.42. The second-order valence-electron chi connectivity index (χ2n) is 5.99. The quantitative estimate of drug-likeness (QED) is 0.281. The molecule has 3 rings (SSSR count). The number of rotatable bonds is 7. The van der Waals surface area contributed by atoms with Crippen LogP contribution in [0.4, 0.5) is 5.13 Å². The summed E-state index contributed by atoms with van der Waals surface area (Å²) in [6, 6.07) is 1.01. The number of ether oxygens (including phenoxy) is 1. The highest BCUT2D eigenvalue weighted by Gasteiger charge is 2.43. The number of ketones is 1. The van der Waals surface area contributed by atoms with Crippen molar-refractivity contribution in [1.82, 2.24) is 10.1 Å². The first-order valence-electron chi connectivity index (χ1n) is 8.06. The number of thiazole rings is 1. The summed E-state index contributed by atoms with van der Waals surface area (Å²) in [4.78, 5) is 27.2. The summed E-state index contributed by atoms with van der Waals surface area (Å²) in [7, 11) is 0. The van der Waals surface area contributed by atoms with E-state index in [0.29, 0.717) is 5.13 Å². The van der Waals surface area contributed by atoms with Crippen molar-refractivity contribution in [3.05, 3.63) is 28.6 Å². The third kappa shape index (κ3) is 4.04. The van der Waals surface area contributed by atoms with Gasteiger partial charge < -0.3 is 40.1 Å². The van der Waals surface area contributed by atoms with Crippen LogP contribution in [0.2, 0.25) is 0 Å². The van der Waals surface area contributed by atoms with E-state index in [4.69, 9.17) is 14.4 Å². The molecule has 0 aliphatic carbocycles. The lowest BCUT2D eigenvalue weighted by Gasteiger charge is -2.40. The molecule has 1 aliphatic rings. The Morgan fingerprint density at radius 3 is 2.54 bits per heavy atom. The Labute approximate surface area is 161 Å². The van der Waals surface area contributed by atoms with Gasteiger partial charge in [-0.3, -0.25) is 4.79 Å². The molecule has 0 aromatic carbocycles. The van der Waals surface area contributed by atoms with E-state index in [1.807, 2.05) is 0 Å². The Morgan fingerprint density at radius 1 is 1.18 bits per heavy atom. The van der Waals surface area contributed by atoms with Crippen molar-refractivity contribution in [3.63, 3.8) is 0 Å². The van der Waals surface area contributed by atoms with Crippen molar-refractivity contribution in [2.45, 2.75) is 30.5 Å². The maximum Gasteiger partial charge on any atom is 0.358 e. The molecule has 1 saturated heterocycles. The van der Waals surface area contributed by atoms with E-state index in [0.717, 1.165) is 17.4 Å². The zero-order valence-electron chi connectivity index (χ0n) is 14.1. The number of aliphatic hydroxyl groups excluding tert-OH is 4. The molecule has 5 atom stereocenters. The van der Waals surface area contributed by atoms with E-state index in [2.05, 4.69) is 15.5 Å². The van der Waals surface area contributed by atoms with Crippen LogP contribution in [0.1, 0.15) is 25.9 Å². The normalized spacial score (nSPS) is 27.5. The van der Waals surface area contributed by atoms with Gasteiger partial charge in [0.1, 0.15) is 35.4 Å². The summed E-state index contributed by atoms with van der Waals surface area (Å²) >= 11 is 0.946. The van der Waals surface area contributed by atoms with Gasteiger partial charge >= 0.3 is 5.97 Å². The van der Waals surface area contributed by atoms with Crippen molar-refractivity contribution in [2.24, 2.45) is 0 Å². The number of carboxylic acids is 1. The van der Waals surface area contributed by atoms with E-state index in [1.165, 1.54) is 6.20 Å². The largest absolute Gasteiger partial charge is 0.476 e. The summed E-state index contributed by atoms with van der Waals surface area (Å²) in [5.41, 5.74) is -0.395. The smallest absolute Gasteiger partial charge is 0.358 e. The van der Waals surface area contributed by atoms with Gasteiger partial charge in [-0.05, 0) is 0 Å². The van der Waals surface area contributed by atoms with E-state index >= 15 is 0 Å². The number of hydrogen-bond acceptors (Lipinski definition) is 12. The molecule has 152 valence electrons. The van der Waals surface area contributed by atoms with Crippen LogP contribution in [0.5, 0.6) is 0 Å². The lowest BCUT2D eigenvalue weighted by atomic mass is 9.95. The Morgan fingerprint density at radius 2 is 1.89 bits per heavy atom. The van der Waals surface area contributed by atoms with Gasteiger partial charge in [0.25, 0.3) is 0 Å². The molecule has 0 radical (unpaired) electrons. The van der Waals surface area contributed by atoms with Gasteiger partial charge in [-0.2, -0.15) is 0 Å². The number of carbonyl (C=O) groups is 2. The van der Waals surface area contributed by atoms with Crippen LogP contribution >= 0.6 is 11.3 Å². The van der Waals surface area contributed by atoms with Gasteiger partial charge in [-0.15, -0.1) is 0 Å². The highest BCUT2D eigenvalue weighted by atomic mass is 32.1. The van der Waals surface area contributed by atoms with Gasteiger partial charge in [0.05, 0.1) is 12.8 Å². The molecule has 2 aromatic heterocycles. The van der Waals surface area contributed by atoms with Crippen molar-refractivity contribution in [2.75, 3.05) is 18.5 Å². The molecular formula is C15H17N3O9S. The average Bonchev–Trinajstić information content (AvgIpc) is 3.35. The fourth-order valence-electron chi connectivity index (χ4n) is 2.60.